The van der Waals surface area contributed by atoms with Gasteiger partial charge in [-0.2, -0.15) is 0 Å². The summed E-state index contributed by atoms with van der Waals surface area (Å²) in [5, 5.41) is -0.698. The fraction of sp³-hybridized carbons (Fsp3) is 0.857. The van der Waals surface area contributed by atoms with E-state index in [1.807, 2.05) is 0 Å². The molecule has 0 radical (unpaired) electrons. The van der Waals surface area contributed by atoms with Crippen molar-refractivity contribution in [2.75, 3.05) is 6.26 Å². The van der Waals surface area contributed by atoms with Gasteiger partial charge >= 0.3 is 0 Å². The lowest BCUT2D eigenvalue weighted by Gasteiger charge is -2.17. The molecule has 0 saturated heterocycles. The summed E-state index contributed by atoms with van der Waals surface area (Å²) < 4.78 is 22.0. The Bertz CT molecular complexity index is 253. The van der Waals surface area contributed by atoms with Gasteiger partial charge in [-0.05, 0) is 12.8 Å². The van der Waals surface area contributed by atoms with Gasteiger partial charge in [0, 0.05) is 12.7 Å². The van der Waals surface area contributed by atoms with Gasteiger partial charge in [0.2, 0.25) is 0 Å². The molecule has 1 saturated carbocycles. The highest BCUT2D eigenvalue weighted by Crippen LogP contribution is 2.19. The molecule has 64 valence electrons. The van der Waals surface area contributed by atoms with Crippen molar-refractivity contribution in [3.63, 3.8) is 0 Å². The van der Waals surface area contributed by atoms with Crippen molar-refractivity contribution < 1.29 is 13.2 Å². The summed E-state index contributed by atoms with van der Waals surface area (Å²) in [6, 6.07) is 0. The summed E-state index contributed by atoms with van der Waals surface area (Å²) in [5.74, 6) is -0.0984. The fourth-order valence-electron chi connectivity index (χ4n) is 1.40. The smallest absolute Gasteiger partial charge is 0.157 e. The van der Waals surface area contributed by atoms with Crippen LogP contribution in [-0.4, -0.2) is 25.7 Å². The monoisotopic (exact) mass is 176 g/mol. The topological polar surface area (TPSA) is 51.2 Å². The van der Waals surface area contributed by atoms with Crippen molar-refractivity contribution >= 4 is 15.6 Å². The first-order valence-electron chi connectivity index (χ1n) is 3.73. The summed E-state index contributed by atoms with van der Waals surface area (Å²) in [4.78, 5) is 11.1. The van der Waals surface area contributed by atoms with Gasteiger partial charge in [-0.3, -0.25) is 4.79 Å². The molecule has 1 aliphatic carbocycles. The molecule has 0 unspecified atom stereocenters. The predicted octanol–water partition coefficient (Wildman–Crippen LogP) is 0.543. The van der Waals surface area contributed by atoms with Crippen LogP contribution in [0.2, 0.25) is 0 Å². The molecule has 4 heteroatoms. The first-order chi connectivity index (χ1) is 5.02. The second-order valence-electron chi connectivity index (χ2n) is 3.03. The minimum absolute atomic E-state index is 0.0984. The Hall–Kier alpha value is -0.380. The van der Waals surface area contributed by atoms with E-state index in [1.54, 1.807) is 0 Å². The SMILES string of the molecule is CS(=O)(=O)[C@H]1CCCCC1=O. The summed E-state index contributed by atoms with van der Waals surface area (Å²) >= 11 is 0. The summed E-state index contributed by atoms with van der Waals surface area (Å²) in [7, 11) is -3.12. The van der Waals surface area contributed by atoms with Gasteiger partial charge in [0.05, 0.1) is 0 Å². The largest absolute Gasteiger partial charge is 0.298 e. The Morgan fingerprint density at radius 1 is 1.36 bits per heavy atom. The van der Waals surface area contributed by atoms with Crippen molar-refractivity contribution in [3.05, 3.63) is 0 Å². The van der Waals surface area contributed by atoms with Crippen molar-refractivity contribution in [1.29, 1.82) is 0 Å². The second-order valence-corrected chi connectivity index (χ2v) is 5.26. The van der Waals surface area contributed by atoms with Crippen molar-refractivity contribution in [2.45, 2.75) is 30.9 Å². The summed E-state index contributed by atoms with van der Waals surface area (Å²) in [5.41, 5.74) is 0. The number of hydrogen-bond acceptors (Lipinski definition) is 3. The predicted molar refractivity (Wildman–Crippen MR) is 42.1 cm³/mol. The van der Waals surface area contributed by atoms with E-state index in [2.05, 4.69) is 0 Å². The zero-order valence-electron chi connectivity index (χ0n) is 6.54. The number of rotatable bonds is 1. The first kappa shape index (κ1) is 8.71. The van der Waals surface area contributed by atoms with E-state index in [-0.39, 0.29) is 5.78 Å². The van der Waals surface area contributed by atoms with Crippen molar-refractivity contribution in [1.82, 2.24) is 0 Å². The maximum absolute atomic E-state index is 11.1. The zero-order valence-corrected chi connectivity index (χ0v) is 7.36. The second kappa shape index (κ2) is 2.93. The Labute approximate surface area is 66.7 Å². The lowest BCUT2D eigenvalue weighted by atomic mass is 9.99. The van der Waals surface area contributed by atoms with Gasteiger partial charge in [0.15, 0.2) is 15.6 Å². The third kappa shape index (κ3) is 2.02. The van der Waals surface area contributed by atoms with E-state index in [0.717, 1.165) is 19.1 Å². The van der Waals surface area contributed by atoms with E-state index < -0.39 is 15.1 Å². The Morgan fingerprint density at radius 3 is 2.36 bits per heavy atom. The van der Waals surface area contributed by atoms with Gasteiger partial charge in [-0.1, -0.05) is 6.42 Å². The van der Waals surface area contributed by atoms with Crippen LogP contribution in [0.3, 0.4) is 0 Å². The number of carbonyl (C=O) groups excluding carboxylic acids is 1. The molecule has 1 atom stereocenters. The number of hydrogen-bond donors (Lipinski definition) is 0. The number of ketones is 1. The standard InChI is InChI=1S/C7H12O3S/c1-11(9,10)7-5-3-2-4-6(7)8/h7H,2-5H2,1H3/t7-/m0/s1. The molecule has 0 aromatic rings. The molecule has 1 rings (SSSR count). The van der Waals surface area contributed by atoms with Gasteiger partial charge in [-0.15, -0.1) is 0 Å². The van der Waals surface area contributed by atoms with Crippen LogP contribution in [0, 0.1) is 0 Å². The highest BCUT2D eigenvalue weighted by atomic mass is 32.2. The molecule has 0 spiro atoms. The maximum atomic E-state index is 11.1. The average Bonchev–Trinajstić information content (AvgIpc) is 1.86. The molecular weight excluding hydrogens is 164 g/mol. The Balaban J connectivity index is 2.78. The Morgan fingerprint density at radius 2 is 2.00 bits per heavy atom. The number of sulfone groups is 1. The Kier molecular flexibility index (Phi) is 2.32. The molecule has 0 amide bonds. The van der Waals surface area contributed by atoms with Crippen LogP contribution in [-0.2, 0) is 14.6 Å². The van der Waals surface area contributed by atoms with Gasteiger partial charge in [0.25, 0.3) is 0 Å². The molecule has 0 aromatic heterocycles. The average molecular weight is 176 g/mol. The van der Waals surface area contributed by atoms with Crippen LogP contribution in [0.1, 0.15) is 25.7 Å². The van der Waals surface area contributed by atoms with E-state index in [1.165, 1.54) is 0 Å². The normalized spacial score (nSPS) is 27.0. The highest BCUT2D eigenvalue weighted by Gasteiger charge is 2.30. The quantitative estimate of drug-likeness (QED) is 0.586. The lowest BCUT2D eigenvalue weighted by molar-refractivity contribution is -0.119. The molecule has 0 aromatic carbocycles. The lowest BCUT2D eigenvalue weighted by Crippen LogP contribution is -2.32. The first-order valence-corrected chi connectivity index (χ1v) is 5.69. The highest BCUT2D eigenvalue weighted by molar-refractivity contribution is 7.92. The minimum atomic E-state index is -3.12. The molecule has 0 bridgehead atoms. The van der Waals surface area contributed by atoms with Crippen LogP contribution in [0.5, 0.6) is 0 Å². The summed E-state index contributed by atoms with van der Waals surface area (Å²) in [6.45, 7) is 0. The molecule has 0 aliphatic heterocycles. The van der Waals surface area contributed by atoms with Crippen LogP contribution in [0.15, 0.2) is 0 Å². The van der Waals surface area contributed by atoms with Crippen LogP contribution in [0.4, 0.5) is 0 Å². The minimum Gasteiger partial charge on any atom is -0.298 e. The van der Waals surface area contributed by atoms with E-state index in [9.17, 15) is 13.2 Å². The third-order valence-electron chi connectivity index (χ3n) is 2.02. The van der Waals surface area contributed by atoms with E-state index in [4.69, 9.17) is 0 Å². The van der Waals surface area contributed by atoms with Crippen LogP contribution < -0.4 is 0 Å². The van der Waals surface area contributed by atoms with E-state index in [0.29, 0.717) is 12.8 Å². The maximum Gasteiger partial charge on any atom is 0.157 e. The van der Waals surface area contributed by atoms with Gasteiger partial charge in [-0.25, -0.2) is 8.42 Å². The fourth-order valence-corrected chi connectivity index (χ4v) is 2.59. The summed E-state index contributed by atoms with van der Waals surface area (Å²) in [6.07, 6.45) is 3.82. The molecule has 1 aliphatic rings. The molecule has 0 heterocycles. The van der Waals surface area contributed by atoms with Crippen LogP contribution >= 0.6 is 0 Å². The molecule has 3 nitrogen and oxygen atoms in total. The number of Topliss-reactive ketones (excluding diaryl/α,β-unsaturated/α-hetero) is 1. The third-order valence-corrected chi connectivity index (χ3v) is 3.55. The van der Waals surface area contributed by atoms with Crippen molar-refractivity contribution in [3.8, 4) is 0 Å². The van der Waals surface area contributed by atoms with Crippen molar-refractivity contribution in [2.24, 2.45) is 0 Å². The van der Waals surface area contributed by atoms with Gasteiger partial charge in [0.1, 0.15) is 5.25 Å². The molecule has 11 heavy (non-hydrogen) atoms. The molecule has 1 fully saturated rings. The molecular formula is C7H12O3S. The van der Waals surface area contributed by atoms with Crippen LogP contribution in [0.25, 0.3) is 0 Å². The van der Waals surface area contributed by atoms with E-state index >= 15 is 0 Å². The molecule has 0 N–H and O–H groups in total. The zero-order chi connectivity index (χ0) is 8.48. The number of carbonyl (C=O) groups is 1. The van der Waals surface area contributed by atoms with Gasteiger partial charge < -0.3 is 0 Å².